The van der Waals surface area contributed by atoms with E-state index in [0.29, 0.717) is 31.8 Å². The van der Waals surface area contributed by atoms with Crippen molar-refractivity contribution in [2.45, 2.75) is 50.9 Å². The Balaban J connectivity index is 1.37. The van der Waals surface area contributed by atoms with Crippen molar-refractivity contribution in [3.63, 3.8) is 0 Å². The lowest BCUT2D eigenvalue weighted by molar-refractivity contribution is -0.307. The van der Waals surface area contributed by atoms with Crippen LogP contribution in [0, 0.1) is 0 Å². The van der Waals surface area contributed by atoms with Crippen molar-refractivity contribution in [1.82, 2.24) is 30.4 Å². The van der Waals surface area contributed by atoms with E-state index in [2.05, 4.69) is 33.0 Å². The van der Waals surface area contributed by atoms with Crippen molar-refractivity contribution in [3.8, 4) is 0 Å². The lowest BCUT2D eigenvalue weighted by Gasteiger charge is -2.29. The number of carbonyl (C=O) groups is 2. The van der Waals surface area contributed by atoms with Gasteiger partial charge in [-0.1, -0.05) is 54.6 Å². The van der Waals surface area contributed by atoms with Crippen LogP contribution in [0.2, 0.25) is 0 Å². The largest absolute Gasteiger partial charge is 0.550 e. The van der Waals surface area contributed by atoms with Gasteiger partial charge in [-0.15, -0.1) is 5.10 Å². The molecular formula is C25H29N6O4-. The van der Waals surface area contributed by atoms with Crippen LogP contribution in [-0.2, 0) is 29.1 Å². The summed E-state index contributed by atoms with van der Waals surface area (Å²) in [7, 11) is 0. The highest BCUT2D eigenvalue weighted by Gasteiger charge is 2.23. The van der Waals surface area contributed by atoms with Crippen LogP contribution >= 0.6 is 0 Å². The number of aliphatic hydroxyl groups excluding tert-OH is 1. The maximum atomic E-state index is 12.8. The number of aliphatic hydroxyl groups is 1. The Bertz CT molecular complexity index is 1140. The molecule has 0 radical (unpaired) electrons. The van der Waals surface area contributed by atoms with Crippen molar-refractivity contribution < 1.29 is 19.8 Å². The van der Waals surface area contributed by atoms with Gasteiger partial charge in [-0.3, -0.25) is 4.79 Å². The third-order valence-corrected chi connectivity index (χ3v) is 6.15. The smallest absolute Gasteiger partial charge is 0.222 e. The molecule has 0 aliphatic carbocycles. The molecule has 0 saturated heterocycles. The van der Waals surface area contributed by atoms with E-state index in [1.807, 2.05) is 47.4 Å². The van der Waals surface area contributed by atoms with Crippen molar-refractivity contribution in [2.75, 3.05) is 13.1 Å². The van der Waals surface area contributed by atoms with Crippen molar-refractivity contribution in [2.24, 2.45) is 0 Å². The fraction of sp³-hybridized carbons (Fsp3) is 0.400. The quantitative estimate of drug-likeness (QED) is 0.400. The second kappa shape index (κ2) is 11.7. The van der Waals surface area contributed by atoms with Gasteiger partial charge in [0.1, 0.15) is 0 Å². The number of nitrogens with zero attached hydrogens (tertiary/aromatic N) is 5. The van der Waals surface area contributed by atoms with Crippen LogP contribution in [0.15, 0.2) is 54.6 Å². The SMILES string of the molecule is O=C([O-])CC(O)CNC(c1ccccc1)c1nnnn1CCCC(=O)N1CCc2ccccc2C1. The first kappa shape index (κ1) is 24.5. The molecule has 10 nitrogen and oxygen atoms in total. The predicted octanol–water partition coefficient (Wildman–Crippen LogP) is 0.218. The molecule has 2 heterocycles. The number of carboxylic acid groups (broad SMARTS) is 1. The van der Waals surface area contributed by atoms with Crippen LogP contribution < -0.4 is 10.4 Å². The van der Waals surface area contributed by atoms with E-state index < -0.39 is 24.5 Å². The third kappa shape index (κ3) is 6.49. The molecule has 2 aromatic carbocycles. The summed E-state index contributed by atoms with van der Waals surface area (Å²) in [4.78, 5) is 25.5. The van der Waals surface area contributed by atoms with Crippen LogP contribution in [0.1, 0.15) is 47.8 Å². The molecule has 35 heavy (non-hydrogen) atoms. The number of hydrogen-bond donors (Lipinski definition) is 2. The molecule has 1 aliphatic heterocycles. The molecule has 10 heteroatoms. The van der Waals surface area contributed by atoms with Gasteiger partial charge in [-0.25, -0.2) is 4.68 Å². The van der Waals surface area contributed by atoms with Crippen molar-refractivity contribution in [3.05, 3.63) is 77.1 Å². The number of carboxylic acids is 1. The number of nitrogens with one attached hydrogen (secondary N) is 1. The minimum Gasteiger partial charge on any atom is -0.550 e. The normalized spacial score (nSPS) is 14.8. The molecule has 2 atom stereocenters. The summed E-state index contributed by atoms with van der Waals surface area (Å²) >= 11 is 0. The number of hydrogen-bond acceptors (Lipinski definition) is 8. The van der Waals surface area contributed by atoms with Gasteiger partial charge in [-0.05, 0) is 40.0 Å². The van der Waals surface area contributed by atoms with Gasteiger partial charge in [0.25, 0.3) is 0 Å². The first-order valence-corrected chi connectivity index (χ1v) is 11.8. The van der Waals surface area contributed by atoms with E-state index in [1.54, 1.807) is 4.68 Å². The summed E-state index contributed by atoms with van der Waals surface area (Å²) in [6.07, 6.45) is 0.248. The molecule has 184 valence electrons. The molecule has 4 rings (SSSR count). The third-order valence-electron chi connectivity index (χ3n) is 6.15. The molecule has 1 amide bonds. The zero-order chi connectivity index (χ0) is 24.6. The predicted molar refractivity (Wildman–Crippen MR) is 125 cm³/mol. The monoisotopic (exact) mass is 477 g/mol. The second-order valence-corrected chi connectivity index (χ2v) is 8.68. The van der Waals surface area contributed by atoms with Crippen LogP contribution in [0.25, 0.3) is 0 Å². The number of carbonyl (C=O) groups excluding carboxylic acids is 2. The van der Waals surface area contributed by atoms with Gasteiger partial charge in [0, 0.05) is 45.0 Å². The molecule has 0 saturated carbocycles. The lowest BCUT2D eigenvalue weighted by atomic mass is 9.99. The van der Waals surface area contributed by atoms with E-state index >= 15 is 0 Å². The molecule has 1 aliphatic rings. The molecular weight excluding hydrogens is 448 g/mol. The Morgan fingerprint density at radius 3 is 2.60 bits per heavy atom. The average Bonchev–Trinajstić information content (AvgIpc) is 3.32. The summed E-state index contributed by atoms with van der Waals surface area (Å²) in [5, 5.41) is 36.0. The number of benzene rings is 2. The highest BCUT2D eigenvalue weighted by molar-refractivity contribution is 5.76. The van der Waals surface area contributed by atoms with E-state index in [1.165, 1.54) is 11.1 Å². The number of aliphatic carboxylic acids is 1. The Morgan fingerprint density at radius 1 is 1.09 bits per heavy atom. The van der Waals surface area contributed by atoms with E-state index in [0.717, 1.165) is 18.5 Å². The second-order valence-electron chi connectivity index (χ2n) is 8.68. The molecule has 1 aromatic heterocycles. The van der Waals surface area contributed by atoms with Gasteiger partial charge >= 0.3 is 0 Å². The van der Waals surface area contributed by atoms with E-state index in [9.17, 15) is 19.8 Å². The summed E-state index contributed by atoms with van der Waals surface area (Å²) in [5.74, 6) is -0.685. The zero-order valence-electron chi connectivity index (χ0n) is 19.4. The number of aromatic nitrogens is 4. The zero-order valence-corrected chi connectivity index (χ0v) is 19.4. The fourth-order valence-corrected chi connectivity index (χ4v) is 4.35. The van der Waals surface area contributed by atoms with Gasteiger partial charge in [0.05, 0.1) is 12.1 Å². The molecule has 2 unspecified atom stereocenters. The topological polar surface area (TPSA) is 136 Å². The number of fused-ring (bicyclic) bond motifs is 1. The molecule has 3 aromatic rings. The average molecular weight is 478 g/mol. The lowest BCUT2D eigenvalue weighted by Crippen LogP contribution is -2.36. The summed E-state index contributed by atoms with van der Waals surface area (Å²) in [6, 6.07) is 17.2. The van der Waals surface area contributed by atoms with Gasteiger partial charge in [0.2, 0.25) is 5.91 Å². The van der Waals surface area contributed by atoms with Crippen molar-refractivity contribution in [1.29, 1.82) is 0 Å². The fourth-order valence-electron chi connectivity index (χ4n) is 4.35. The number of rotatable bonds is 11. The molecule has 0 bridgehead atoms. The number of amides is 1. The Morgan fingerprint density at radius 2 is 1.83 bits per heavy atom. The van der Waals surface area contributed by atoms with Gasteiger partial charge in [0.15, 0.2) is 5.82 Å². The minimum absolute atomic E-state index is 0.0231. The highest BCUT2D eigenvalue weighted by atomic mass is 16.4. The van der Waals surface area contributed by atoms with E-state index in [4.69, 9.17) is 0 Å². The number of tetrazole rings is 1. The first-order chi connectivity index (χ1) is 17.0. The molecule has 2 N–H and O–H groups in total. The standard InChI is InChI=1S/C25H30N6O4/c32-21(15-23(34)35)16-26-24(19-8-2-1-3-9-19)25-27-28-29-31(25)13-6-11-22(33)30-14-12-18-7-4-5-10-20(18)17-30/h1-5,7-10,21,24,26,32H,6,11-17H2,(H,34,35)/p-1. The summed E-state index contributed by atoms with van der Waals surface area (Å²) in [6.45, 7) is 1.83. The first-order valence-electron chi connectivity index (χ1n) is 11.8. The minimum atomic E-state index is -1.32. The van der Waals surface area contributed by atoms with E-state index in [-0.39, 0.29) is 12.5 Å². The molecule has 0 spiro atoms. The van der Waals surface area contributed by atoms with Crippen LogP contribution in [0.3, 0.4) is 0 Å². The van der Waals surface area contributed by atoms with Crippen LogP contribution in [-0.4, -0.2) is 61.3 Å². The highest BCUT2D eigenvalue weighted by Crippen LogP contribution is 2.21. The summed E-state index contributed by atoms with van der Waals surface area (Å²) < 4.78 is 1.65. The number of aryl methyl sites for hydroxylation is 1. The van der Waals surface area contributed by atoms with Crippen LogP contribution in [0.4, 0.5) is 0 Å². The maximum absolute atomic E-state index is 12.8. The van der Waals surface area contributed by atoms with Gasteiger partial charge in [-0.2, -0.15) is 0 Å². The molecule has 0 fully saturated rings. The maximum Gasteiger partial charge on any atom is 0.222 e. The Kier molecular flexibility index (Phi) is 8.17. The Hall–Kier alpha value is -3.63. The van der Waals surface area contributed by atoms with Crippen molar-refractivity contribution >= 4 is 11.9 Å². The van der Waals surface area contributed by atoms with Gasteiger partial charge < -0.3 is 25.2 Å². The summed E-state index contributed by atoms with van der Waals surface area (Å²) in [5.41, 5.74) is 3.37. The van der Waals surface area contributed by atoms with Crippen LogP contribution in [0.5, 0.6) is 0 Å². The Labute approximate surface area is 203 Å².